The molecule has 0 spiro atoms. The van der Waals surface area contributed by atoms with Crippen molar-refractivity contribution < 1.29 is 9.47 Å². The predicted molar refractivity (Wildman–Crippen MR) is 101 cm³/mol. The van der Waals surface area contributed by atoms with E-state index in [9.17, 15) is 0 Å². The predicted octanol–water partition coefficient (Wildman–Crippen LogP) is 2.73. The van der Waals surface area contributed by atoms with E-state index in [4.69, 9.17) is 9.47 Å². The first-order valence-electron chi connectivity index (χ1n) is 8.41. The Bertz CT molecular complexity index is 647. The Balaban J connectivity index is 1.80. The smallest absolute Gasteiger partial charge is 0.195 e. The molecule has 0 aliphatic carbocycles. The van der Waals surface area contributed by atoms with Crippen molar-refractivity contribution in [2.24, 2.45) is 4.99 Å². The summed E-state index contributed by atoms with van der Waals surface area (Å²) >= 11 is 0. The number of pyridine rings is 1. The molecule has 2 N–H and O–H groups in total. The molecule has 0 bridgehead atoms. The summed E-state index contributed by atoms with van der Waals surface area (Å²) in [4.78, 5) is 8.56. The van der Waals surface area contributed by atoms with Crippen LogP contribution >= 0.6 is 0 Å². The molecular formula is C19H26N4O2. The summed E-state index contributed by atoms with van der Waals surface area (Å²) in [5, 5.41) is 6.56. The van der Waals surface area contributed by atoms with E-state index < -0.39 is 0 Å². The van der Waals surface area contributed by atoms with Gasteiger partial charge in [-0.3, -0.25) is 9.98 Å². The normalized spacial score (nSPS) is 11.2. The van der Waals surface area contributed by atoms with Gasteiger partial charge < -0.3 is 20.1 Å². The molecule has 0 saturated heterocycles. The largest absolute Gasteiger partial charge is 0.493 e. The molecule has 134 valence electrons. The van der Waals surface area contributed by atoms with E-state index in [1.807, 2.05) is 42.5 Å². The number of nitrogens with zero attached hydrogens (tertiary/aromatic N) is 2. The lowest BCUT2D eigenvalue weighted by atomic mass is 10.3. The Kier molecular flexibility index (Phi) is 8.27. The molecule has 25 heavy (non-hydrogen) atoms. The topological polar surface area (TPSA) is 67.8 Å². The minimum atomic E-state index is 0.633. The lowest BCUT2D eigenvalue weighted by molar-refractivity contribution is 0.172. The molecule has 0 unspecified atom stereocenters. The number of ether oxygens (including phenoxy) is 2. The zero-order valence-corrected chi connectivity index (χ0v) is 14.9. The van der Waals surface area contributed by atoms with Gasteiger partial charge >= 0.3 is 0 Å². The maximum absolute atomic E-state index is 5.71. The second-order valence-electron chi connectivity index (χ2n) is 5.42. The number of methoxy groups -OCH3 is 1. The standard InChI is InChI=1S/C19H26N4O2/c1-20-19(22-12-10-16-7-3-4-11-21-16)23-17-8-5-9-18(15-17)25-14-6-13-24-2/h3-5,7-9,11,15H,6,10,12-14H2,1-2H3,(H2,20,22,23). The lowest BCUT2D eigenvalue weighted by Crippen LogP contribution is -2.32. The fraction of sp³-hybridized carbons (Fsp3) is 0.368. The summed E-state index contributed by atoms with van der Waals surface area (Å²) in [6.07, 6.45) is 3.51. The number of hydrogen-bond acceptors (Lipinski definition) is 4. The number of aliphatic imine (C=N–C) groups is 1. The van der Waals surface area contributed by atoms with Crippen molar-refractivity contribution in [3.63, 3.8) is 0 Å². The average Bonchev–Trinajstić information content (AvgIpc) is 2.66. The zero-order valence-electron chi connectivity index (χ0n) is 14.9. The van der Waals surface area contributed by atoms with E-state index in [2.05, 4.69) is 20.6 Å². The molecule has 6 heteroatoms. The summed E-state index contributed by atoms with van der Waals surface area (Å²) in [6, 6.07) is 13.8. The minimum absolute atomic E-state index is 0.633. The number of benzene rings is 1. The molecule has 0 atom stereocenters. The maximum Gasteiger partial charge on any atom is 0.195 e. The fourth-order valence-corrected chi connectivity index (χ4v) is 2.23. The lowest BCUT2D eigenvalue weighted by Gasteiger charge is -2.13. The zero-order chi connectivity index (χ0) is 17.7. The number of aromatic nitrogens is 1. The third-order valence-corrected chi connectivity index (χ3v) is 3.48. The van der Waals surface area contributed by atoms with Crippen molar-refractivity contribution in [1.29, 1.82) is 0 Å². The summed E-state index contributed by atoms with van der Waals surface area (Å²) in [5.41, 5.74) is 1.98. The highest BCUT2D eigenvalue weighted by molar-refractivity contribution is 5.93. The summed E-state index contributed by atoms with van der Waals surface area (Å²) in [7, 11) is 3.44. The van der Waals surface area contributed by atoms with Crippen LogP contribution < -0.4 is 15.4 Å². The highest BCUT2D eigenvalue weighted by Gasteiger charge is 2.02. The quantitative estimate of drug-likeness (QED) is 0.417. The van der Waals surface area contributed by atoms with Crippen LogP contribution in [0.3, 0.4) is 0 Å². The highest BCUT2D eigenvalue weighted by Crippen LogP contribution is 2.17. The Labute approximate surface area is 149 Å². The second-order valence-corrected chi connectivity index (χ2v) is 5.42. The van der Waals surface area contributed by atoms with Gasteiger partial charge in [0.25, 0.3) is 0 Å². The first-order valence-corrected chi connectivity index (χ1v) is 8.41. The van der Waals surface area contributed by atoms with Crippen molar-refractivity contribution in [1.82, 2.24) is 10.3 Å². The van der Waals surface area contributed by atoms with Crippen LogP contribution in [0.1, 0.15) is 12.1 Å². The molecule has 6 nitrogen and oxygen atoms in total. The third kappa shape index (κ3) is 7.22. The molecule has 0 aliphatic rings. The number of anilines is 1. The van der Waals surface area contributed by atoms with Crippen molar-refractivity contribution in [3.05, 3.63) is 54.4 Å². The molecule has 0 amide bonds. The molecule has 2 aromatic rings. The average molecular weight is 342 g/mol. The van der Waals surface area contributed by atoms with Gasteiger partial charge in [-0.2, -0.15) is 0 Å². The summed E-state index contributed by atoms with van der Waals surface area (Å²) in [6.45, 7) is 2.09. The van der Waals surface area contributed by atoms with E-state index in [0.717, 1.165) is 36.5 Å². The number of nitrogens with one attached hydrogen (secondary N) is 2. The number of hydrogen-bond donors (Lipinski definition) is 2. The molecule has 0 aliphatic heterocycles. The van der Waals surface area contributed by atoms with Crippen LogP contribution in [-0.4, -0.2) is 44.9 Å². The van der Waals surface area contributed by atoms with E-state index in [-0.39, 0.29) is 0 Å². The monoisotopic (exact) mass is 342 g/mol. The van der Waals surface area contributed by atoms with Gasteiger partial charge in [-0.05, 0) is 24.3 Å². The van der Waals surface area contributed by atoms with Crippen molar-refractivity contribution in [2.45, 2.75) is 12.8 Å². The van der Waals surface area contributed by atoms with Crippen LogP contribution in [0.15, 0.2) is 53.7 Å². The van der Waals surface area contributed by atoms with Gasteiger partial charge in [0.05, 0.1) is 6.61 Å². The van der Waals surface area contributed by atoms with Gasteiger partial charge in [-0.25, -0.2) is 0 Å². The fourth-order valence-electron chi connectivity index (χ4n) is 2.23. The van der Waals surface area contributed by atoms with Crippen molar-refractivity contribution in [2.75, 3.05) is 39.2 Å². The van der Waals surface area contributed by atoms with Crippen molar-refractivity contribution in [3.8, 4) is 5.75 Å². The van der Waals surface area contributed by atoms with Gasteiger partial charge in [-0.1, -0.05) is 12.1 Å². The van der Waals surface area contributed by atoms with Gasteiger partial charge in [0, 0.05) is 63.8 Å². The van der Waals surface area contributed by atoms with Gasteiger partial charge in [0.2, 0.25) is 0 Å². The highest BCUT2D eigenvalue weighted by atomic mass is 16.5. The maximum atomic E-state index is 5.71. The van der Waals surface area contributed by atoms with Gasteiger partial charge in [0.1, 0.15) is 5.75 Å². The summed E-state index contributed by atoms with van der Waals surface area (Å²) < 4.78 is 10.7. The molecule has 1 aromatic heterocycles. The number of guanidine groups is 1. The third-order valence-electron chi connectivity index (χ3n) is 3.48. The molecule has 1 aromatic carbocycles. The Morgan fingerprint density at radius 2 is 2.08 bits per heavy atom. The van der Waals surface area contributed by atoms with Gasteiger partial charge in [0.15, 0.2) is 5.96 Å². The molecule has 0 radical (unpaired) electrons. The summed E-state index contributed by atoms with van der Waals surface area (Å²) in [5.74, 6) is 1.54. The van der Waals surface area contributed by atoms with Crippen LogP contribution in [0.2, 0.25) is 0 Å². The minimum Gasteiger partial charge on any atom is -0.493 e. The van der Waals surface area contributed by atoms with Crippen molar-refractivity contribution >= 4 is 11.6 Å². The van der Waals surface area contributed by atoms with E-state index >= 15 is 0 Å². The second kappa shape index (κ2) is 11.0. The van der Waals surface area contributed by atoms with Crippen LogP contribution in [0.25, 0.3) is 0 Å². The molecular weight excluding hydrogens is 316 g/mol. The first-order chi connectivity index (χ1) is 12.3. The molecule has 1 heterocycles. The van der Waals surface area contributed by atoms with E-state index in [0.29, 0.717) is 19.2 Å². The first kappa shape index (κ1) is 18.7. The Morgan fingerprint density at radius 1 is 1.16 bits per heavy atom. The van der Waals surface area contributed by atoms with E-state index in [1.54, 1.807) is 20.4 Å². The Morgan fingerprint density at radius 3 is 2.84 bits per heavy atom. The number of rotatable bonds is 9. The van der Waals surface area contributed by atoms with E-state index in [1.165, 1.54) is 0 Å². The molecule has 2 rings (SSSR count). The van der Waals surface area contributed by atoms with Crippen LogP contribution in [0.4, 0.5) is 5.69 Å². The molecule has 0 fully saturated rings. The van der Waals surface area contributed by atoms with Gasteiger partial charge in [-0.15, -0.1) is 0 Å². The van der Waals surface area contributed by atoms with Crippen LogP contribution in [0.5, 0.6) is 5.75 Å². The Hall–Kier alpha value is -2.60. The SMILES string of the molecule is CN=C(NCCc1ccccn1)Nc1cccc(OCCCOC)c1. The molecule has 0 saturated carbocycles. The van der Waals surface area contributed by atoms with Crippen LogP contribution in [0, 0.1) is 0 Å². The van der Waals surface area contributed by atoms with Crippen LogP contribution in [-0.2, 0) is 11.2 Å².